The van der Waals surface area contributed by atoms with Gasteiger partial charge in [0.25, 0.3) is 0 Å². The van der Waals surface area contributed by atoms with Gasteiger partial charge in [0, 0.05) is 17.1 Å². The highest BCUT2D eigenvalue weighted by Crippen LogP contribution is 2.23. The lowest BCUT2D eigenvalue weighted by molar-refractivity contribution is 0.489. The summed E-state index contributed by atoms with van der Waals surface area (Å²) in [6, 6.07) is 5.65. The Morgan fingerprint density at radius 3 is 2.53 bits per heavy atom. The molecule has 0 aliphatic carbocycles. The second kappa shape index (κ2) is 5.80. The van der Waals surface area contributed by atoms with E-state index in [4.69, 9.17) is 0 Å². The highest BCUT2D eigenvalue weighted by atomic mass is 32.1. The van der Waals surface area contributed by atoms with Gasteiger partial charge in [-0.25, -0.2) is 9.37 Å². The van der Waals surface area contributed by atoms with Crippen molar-refractivity contribution in [3.63, 3.8) is 0 Å². The first-order valence-corrected chi connectivity index (χ1v) is 7.29. The molecular weight excluding hydrogens is 259 g/mol. The normalized spacial score (nSPS) is 14.4. The molecule has 0 radical (unpaired) electrons. The molecule has 0 bridgehead atoms. The van der Waals surface area contributed by atoms with Crippen LogP contribution in [0.1, 0.15) is 47.8 Å². The van der Waals surface area contributed by atoms with E-state index in [9.17, 15) is 4.39 Å². The highest BCUT2D eigenvalue weighted by Gasteiger charge is 2.14. The average Bonchev–Trinajstić information content (AvgIpc) is 2.79. The quantitative estimate of drug-likeness (QED) is 0.901. The van der Waals surface area contributed by atoms with Crippen molar-refractivity contribution in [2.45, 2.75) is 39.8 Å². The molecule has 0 saturated heterocycles. The molecule has 1 aromatic carbocycles. The van der Waals surface area contributed by atoms with Crippen LogP contribution in [0.3, 0.4) is 0 Å². The molecule has 0 spiro atoms. The van der Waals surface area contributed by atoms with E-state index in [0.717, 1.165) is 16.3 Å². The van der Waals surface area contributed by atoms with E-state index in [0.29, 0.717) is 5.56 Å². The maximum atomic E-state index is 13.6. The molecule has 4 heteroatoms. The minimum Gasteiger partial charge on any atom is -0.302 e. The van der Waals surface area contributed by atoms with Gasteiger partial charge in [0.1, 0.15) is 10.8 Å². The van der Waals surface area contributed by atoms with Gasteiger partial charge in [-0.05, 0) is 44.9 Å². The molecule has 1 heterocycles. The number of aryl methyl sites for hydroxylation is 2. The maximum Gasteiger partial charge on any atom is 0.126 e. The molecule has 0 aliphatic rings. The smallest absolute Gasteiger partial charge is 0.126 e. The fourth-order valence-electron chi connectivity index (χ4n) is 1.99. The summed E-state index contributed by atoms with van der Waals surface area (Å²) in [4.78, 5) is 4.47. The van der Waals surface area contributed by atoms with Gasteiger partial charge in [-0.15, -0.1) is 11.3 Å². The van der Waals surface area contributed by atoms with Gasteiger partial charge < -0.3 is 5.32 Å². The average molecular weight is 278 g/mol. The van der Waals surface area contributed by atoms with Crippen LogP contribution < -0.4 is 5.32 Å². The molecule has 0 amide bonds. The number of rotatable bonds is 4. The molecule has 1 aromatic heterocycles. The topological polar surface area (TPSA) is 24.9 Å². The Labute approximate surface area is 117 Å². The van der Waals surface area contributed by atoms with Crippen LogP contribution in [-0.4, -0.2) is 4.98 Å². The molecule has 1 N–H and O–H groups in total. The van der Waals surface area contributed by atoms with Gasteiger partial charge in [0.05, 0.1) is 6.04 Å². The molecule has 19 heavy (non-hydrogen) atoms. The second-order valence-electron chi connectivity index (χ2n) is 4.95. The van der Waals surface area contributed by atoms with E-state index < -0.39 is 0 Å². The third-order valence-electron chi connectivity index (χ3n) is 3.20. The fourth-order valence-corrected chi connectivity index (χ4v) is 2.80. The van der Waals surface area contributed by atoms with Crippen LogP contribution >= 0.6 is 11.3 Å². The summed E-state index contributed by atoms with van der Waals surface area (Å²) in [5.41, 5.74) is 2.69. The second-order valence-corrected chi connectivity index (χ2v) is 5.84. The van der Waals surface area contributed by atoms with Gasteiger partial charge in [-0.2, -0.15) is 0 Å². The van der Waals surface area contributed by atoms with Crippen LogP contribution in [-0.2, 0) is 0 Å². The number of hydrogen-bond acceptors (Lipinski definition) is 3. The Morgan fingerprint density at radius 2 is 1.95 bits per heavy atom. The van der Waals surface area contributed by atoms with Crippen molar-refractivity contribution in [1.82, 2.24) is 10.3 Å². The van der Waals surface area contributed by atoms with Crippen LogP contribution in [0.25, 0.3) is 0 Å². The molecule has 2 nitrogen and oxygen atoms in total. The van der Waals surface area contributed by atoms with E-state index in [1.165, 1.54) is 0 Å². The lowest BCUT2D eigenvalue weighted by Crippen LogP contribution is -2.22. The van der Waals surface area contributed by atoms with Gasteiger partial charge in [-0.1, -0.05) is 12.1 Å². The number of hydrogen-bond donors (Lipinski definition) is 1. The molecule has 2 aromatic rings. The van der Waals surface area contributed by atoms with Crippen molar-refractivity contribution < 1.29 is 4.39 Å². The van der Waals surface area contributed by atoms with E-state index in [1.807, 2.05) is 31.4 Å². The van der Waals surface area contributed by atoms with Gasteiger partial charge >= 0.3 is 0 Å². The van der Waals surface area contributed by atoms with Crippen molar-refractivity contribution >= 4 is 11.3 Å². The molecular formula is C15H19FN2S. The first-order valence-electron chi connectivity index (χ1n) is 6.41. The number of nitrogens with zero attached hydrogens (tertiary/aromatic N) is 1. The first-order chi connectivity index (χ1) is 8.97. The Balaban J connectivity index is 2.07. The predicted octanol–water partition coefficient (Wildman–Crippen LogP) is 4.31. The highest BCUT2D eigenvalue weighted by molar-refractivity contribution is 7.09. The summed E-state index contributed by atoms with van der Waals surface area (Å²) in [7, 11) is 0. The summed E-state index contributed by atoms with van der Waals surface area (Å²) in [6.45, 7) is 7.89. The number of nitrogens with one attached hydrogen (secondary N) is 1. The van der Waals surface area contributed by atoms with E-state index >= 15 is 0 Å². The monoisotopic (exact) mass is 278 g/mol. The third kappa shape index (κ3) is 3.39. The van der Waals surface area contributed by atoms with Gasteiger partial charge in [-0.3, -0.25) is 0 Å². The third-order valence-corrected chi connectivity index (χ3v) is 4.35. The first kappa shape index (κ1) is 14.2. The van der Waals surface area contributed by atoms with E-state index in [2.05, 4.69) is 17.2 Å². The Hall–Kier alpha value is -1.26. The van der Waals surface area contributed by atoms with Crippen molar-refractivity contribution in [1.29, 1.82) is 0 Å². The van der Waals surface area contributed by atoms with Crippen molar-refractivity contribution in [2.75, 3.05) is 0 Å². The van der Waals surface area contributed by atoms with Crippen LogP contribution in [0.5, 0.6) is 0 Å². The Morgan fingerprint density at radius 1 is 1.21 bits per heavy atom. The standard InChI is InChI=1S/C15H19FN2S/c1-9-5-6-13(7-14(9)16)11(3)18-12(4)15-17-10(2)8-19-15/h5-8,11-12,18H,1-4H3. The van der Waals surface area contributed by atoms with Crippen LogP contribution in [0.15, 0.2) is 23.6 Å². The molecule has 2 unspecified atom stereocenters. The summed E-state index contributed by atoms with van der Waals surface area (Å²) >= 11 is 1.65. The predicted molar refractivity (Wildman–Crippen MR) is 78.0 cm³/mol. The van der Waals surface area contributed by atoms with Crippen LogP contribution in [0.4, 0.5) is 4.39 Å². The molecule has 0 saturated carbocycles. The minimum absolute atomic E-state index is 0.0920. The Bertz CT molecular complexity index is 565. The number of aromatic nitrogens is 1. The van der Waals surface area contributed by atoms with Crippen molar-refractivity contribution in [3.05, 3.63) is 51.2 Å². The number of benzene rings is 1. The summed E-state index contributed by atoms with van der Waals surface area (Å²) in [5, 5.41) is 6.57. The summed E-state index contributed by atoms with van der Waals surface area (Å²) < 4.78 is 13.6. The zero-order valence-electron chi connectivity index (χ0n) is 11.7. The van der Waals surface area contributed by atoms with Gasteiger partial charge in [0.15, 0.2) is 0 Å². The van der Waals surface area contributed by atoms with E-state index in [1.54, 1.807) is 24.3 Å². The summed E-state index contributed by atoms with van der Waals surface area (Å²) in [6.07, 6.45) is 0. The van der Waals surface area contributed by atoms with Gasteiger partial charge in [0.2, 0.25) is 0 Å². The lowest BCUT2D eigenvalue weighted by Gasteiger charge is -2.19. The van der Waals surface area contributed by atoms with Crippen LogP contribution in [0, 0.1) is 19.7 Å². The molecule has 102 valence electrons. The maximum absolute atomic E-state index is 13.6. The lowest BCUT2D eigenvalue weighted by atomic mass is 10.1. The zero-order valence-corrected chi connectivity index (χ0v) is 12.5. The molecule has 2 atom stereocenters. The minimum atomic E-state index is -0.149. The zero-order chi connectivity index (χ0) is 14.0. The molecule has 0 aliphatic heterocycles. The molecule has 2 rings (SSSR count). The summed E-state index contributed by atoms with van der Waals surface area (Å²) in [5.74, 6) is -0.149. The van der Waals surface area contributed by atoms with E-state index in [-0.39, 0.29) is 17.9 Å². The largest absolute Gasteiger partial charge is 0.302 e. The molecule has 0 fully saturated rings. The van der Waals surface area contributed by atoms with Crippen molar-refractivity contribution in [3.8, 4) is 0 Å². The van der Waals surface area contributed by atoms with Crippen molar-refractivity contribution in [2.24, 2.45) is 0 Å². The SMILES string of the molecule is Cc1csc(C(C)NC(C)c2ccc(C)c(F)c2)n1. The number of thiazole rings is 1. The fraction of sp³-hybridized carbons (Fsp3) is 0.400. The number of halogens is 1. The Kier molecular flexibility index (Phi) is 4.32. The van der Waals surface area contributed by atoms with Crippen LogP contribution in [0.2, 0.25) is 0 Å².